The first kappa shape index (κ1) is 14.4. The van der Waals surface area contributed by atoms with E-state index in [1.807, 2.05) is 0 Å². The number of benzene rings is 1. The summed E-state index contributed by atoms with van der Waals surface area (Å²) >= 11 is 0. The van der Waals surface area contributed by atoms with E-state index in [-0.39, 0.29) is 17.5 Å². The number of halogens is 3. The van der Waals surface area contributed by atoms with E-state index in [1.165, 1.54) is 0 Å². The standard InChI is InChI=1S/C15H17F3N2O/c16-11-5-10(6-12(17)13(11)18)20-14(21)15-4-2-1-3-9(15)7-19-8-15/h5-6,9,19H,1-4,7-8H2,(H,20,21)/t9-,15+/m0/s1. The molecule has 2 fully saturated rings. The minimum absolute atomic E-state index is 0.0398. The number of hydrogen-bond acceptors (Lipinski definition) is 2. The molecule has 1 heterocycles. The summed E-state index contributed by atoms with van der Waals surface area (Å²) in [6.07, 6.45) is 3.81. The summed E-state index contributed by atoms with van der Waals surface area (Å²) in [6.45, 7) is 1.37. The molecule has 2 atom stereocenters. The molecule has 1 amide bonds. The Morgan fingerprint density at radius 2 is 1.95 bits per heavy atom. The van der Waals surface area contributed by atoms with Crippen LogP contribution >= 0.6 is 0 Å². The van der Waals surface area contributed by atoms with E-state index >= 15 is 0 Å². The summed E-state index contributed by atoms with van der Waals surface area (Å²) in [5, 5.41) is 5.79. The average molecular weight is 298 g/mol. The van der Waals surface area contributed by atoms with Crippen molar-refractivity contribution in [3.63, 3.8) is 0 Å². The van der Waals surface area contributed by atoms with E-state index in [9.17, 15) is 18.0 Å². The maximum absolute atomic E-state index is 13.2. The van der Waals surface area contributed by atoms with Gasteiger partial charge in [0.05, 0.1) is 5.41 Å². The summed E-state index contributed by atoms with van der Waals surface area (Å²) in [5.41, 5.74) is -0.554. The molecule has 0 radical (unpaired) electrons. The summed E-state index contributed by atoms with van der Waals surface area (Å²) in [4.78, 5) is 12.6. The third-order valence-electron chi connectivity index (χ3n) is 4.73. The van der Waals surface area contributed by atoms with Gasteiger partial charge in [-0.2, -0.15) is 0 Å². The highest BCUT2D eigenvalue weighted by Crippen LogP contribution is 2.44. The van der Waals surface area contributed by atoms with Crippen molar-refractivity contribution in [3.05, 3.63) is 29.6 Å². The lowest BCUT2D eigenvalue weighted by molar-refractivity contribution is -0.128. The fraction of sp³-hybridized carbons (Fsp3) is 0.533. The minimum atomic E-state index is -1.52. The van der Waals surface area contributed by atoms with Gasteiger partial charge in [-0.15, -0.1) is 0 Å². The molecule has 6 heteroatoms. The van der Waals surface area contributed by atoms with Crippen molar-refractivity contribution in [2.45, 2.75) is 25.7 Å². The first-order valence-corrected chi connectivity index (χ1v) is 7.20. The normalized spacial score (nSPS) is 28.2. The van der Waals surface area contributed by atoms with Crippen LogP contribution in [0.4, 0.5) is 18.9 Å². The van der Waals surface area contributed by atoms with E-state index < -0.39 is 22.9 Å². The molecule has 1 saturated heterocycles. The number of rotatable bonds is 2. The van der Waals surface area contributed by atoms with Crippen LogP contribution in [-0.2, 0) is 4.79 Å². The van der Waals surface area contributed by atoms with Gasteiger partial charge in [-0.3, -0.25) is 4.79 Å². The first-order chi connectivity index (χ1) is 10.0. The van der Waals surface area contributed by atoms with Gasteiger partial charge >= 0.3 is 0 Å². The maximum Gasteiger partial charge on any atom is 0.232 e. The van der Waals surface area contributed by atoms with Crippen LogP contribution in [-0.4, -0.2) is 19.0 Å². The molecular weight excluding hydrogens is 281 g/mol. The Morgan fingerprint density at radius 3 is 2.67 bits per heavy atom. The van der Waals surface area contributed by atoms with Gasteiger partial charge in [0.25, 0.3) is 0 Å². The predicted octanol–water partition coefficient (Wildman–Crippen LogP) is 2.82. The number of carbonyl (C=O) groups excluding carboxylic acids is 1. The number of carbonyl (C=O) groups is 1. The number of nitrogens with one attached hydrogen (secondary N) is 2. The lowest BCUT2D eigenvalue weighted by Crippen LogP contribution is -2.44. The van der Waals surface area contributed by atoms with Crippen LogP contribution in [0.1, 0.15) is 25.7 Å². The van der Waals surface area contributed by atoms with Crippen LogP contribution in [0.25, 0.3) is 0 Å². The van der Waals surface area contributed by atoms with Crippen molar-refractivity contribution in [2.75, 3.05) is 18.4 Å². The topological polar surface area (TPSA) is 41.1 Å². The predicted molar refractivity (Wildman–Crippen MR) is 72.2 cm³/mol. The third-order valence-corrected chi connectivity index (χ3v) is 4.73. The molecule has 1 saturated carbocycles. The van der Waals surface area contributed by atoms with Gasteiger partial charge < -0.3 is 10.6 Å². The van der Waals surface area contributed by atoms with E-state index in [4.69, 9.17) is 0 Å². The van der Waals surface area contributed by atoms with Crippen molar-refractivity contribution in [2.24, 2.45) is 11.3 Å². The zero-order valence-corrected chi connectivity index (χ0v) is 11.5. The molecule has 114 valence electrons. The van der Waals surface area contributed by atoms with Crippen molar-refractivity contribution in [1.29, 1.82) is 0 Å². The van der Waals surface area contributed by atoms with Crippen LogP contribution in [0.3, 0.4) is 0 Å². The van der Waals surface area contributed by atoms with Gasteiger partial charge in [-0.05, 0) is 25.3 Å². The van der Waals surface area contributed by atoms with Crippen molar-refractivity contribution >= 4 is 11.6 Å². The van der Waals surface area contributed by atoms with Gasteiger partial charge in [0, 0.05) is 24.4 Å². The van der Waals surface area contributed by atoms with Crippen LogP contribution < -0.4 is 10.6 Å². The molecule has 2 N–H and O–H groups in total. The fourth-order valence-corrected chi connectivity index (χ4v) is 3.57. The smallest absolute Gasteiger partial charge is 0.232 e. The number of hydrogen-bond donors (Lipinski definition) is 2. The summed E-state index contributed by atoms with van der Waals surface area (Å²) < 4.78 is 39.4. The monoisotopic (exact) mass is 298 g/mol. The second kappa shape index (κ2) is 5.33. The van der Waals surface area contributed by atoms with E-state index in [0.29, 0.717) is 6.54 Å². The minimum Gasteiger partial charge on any atom is -0.325 e. The molecule has 1 aliphatic carbocycles. The second-order valence-electron chi connectivity index (χ2n) is 5.94. The molecular formula is C15H17F3N2O. The Labute approximate surface area is 120 Å². The highest BCUT2D eigenvalue weighted by Gasteiger charge is 2.49. The molecule has 0 aromatic heterocycles. The molecule has 3 nitrogen and oxygen atoms in total. The molecule has 0 bridgehead atoms. The largest absolute Gasteiger partial charge is 0.325 e. The zero-order valence-electron chi connectivity index (χ0n) is 11.5. The zero-order chi connectivity index (χ0) is 15.0. The van der Waals surface area contributed by atoms with Crippen LogP contribution in [0, 0.1) is 28.8 Å². The van der Waals surface area contributed by atoms with E-state index in [1.54, 1.807) is 0 Å². The summed E-state index contributed by atoms with van der Waals surface area (Å²) in [7, 11) is 0. The quantitative estimate of drug-likeness (QED) is 0.824. The van der Waals surface area contributed by atoms with Gasteiger partial charge in [0.2, 0.25) is 5.91 Å². The van der Waals surface area contributed by atoms with Crippen LogP contribution in [0.5, 0.6) is 0 Å². The van der Waals surface area contributed by atoms with Crippen LogP contribution in [0.2, 0.25) is 0 Å². The van der Waals surface area contributed by atoms with Gasteiger partial charge in [-0.25, -0.2) is 13.2 Å². The Kier molecular flexibility index (Phi) is 3.65. The molecule has 0 spiro atoms. The Hall–Kier alpha value is -1.56. The highest BCUT2D eigenvalue weighted by molar-refractivity contribution is 5.96. The fourth-order valence-electron chi connectivity index (χ4n) is 3.57. The Morgan fingerprint density at radius 1 is 1.24 bits per heavy atom. The summed E-state index contributed by atoms with van der Waals surface area (Å²) in [6, 6.07) is 1.63. The Bertz CT molecular complexity index is 555. The number of amides is 1. The molecule has 1 aliphatic heterocycles. The molecule has 0 unspecified atom stereocenters. The maximum atomic E-state index is 13.2. The van der Waals surface area contributed by atoms with Crippen molar-refractivity contribution < 1.29 is 18.0 Å². The second-order valence-corrected chi connectivity index (χ2v) is 5.94. The SMILES string of the molecule is O=C(Nc1cc(F)c(F)c(F)c1)[C@@]12CCCC[C@H]1CNC2. The third kappa shape index (κ3) is 2.41. The molecule has 3 rings (SSSR count). The van der Waals surface area contributed by atoms with E-state index in [0.717, 1.165) is 44.4 Å². The van der Waals surface area contributed by atoms with Gasteiger partial charge in [-0.1, -0.05) is 12.8 Å². The number of fused-ring (bicyclic) bond motifs is 1. The highest BCUT2D eigenvalue weighted by atomic mass is 19.2. The van der Waals surface area contributed by atoms with Crippen molar-refractivity contribution in [1.82, 2.24) is 5.32 Å². The lowest BCUT2D eigenvalue weighted by atomic mass is 9.67. The van der Waals surface area contributed by atoms with Gasteiger partial charge in [0.15, 0.2) is 17.5 Å². The average Bonchev–Trinajstić information content (AvgIpc) is 2.89. The first-order valence-electron chi connectivity index (χ1n) is 7.20. The lowest BCUT2D eigenvalue weighted by Gasteiger charge is -2.37. The molecule has 2 aliphatic rings. The molecule has 1 aromatic rings. The van der Waals surface area contributed by atoms with Gasteiger partial charge in [0.1, 0.15) is 0 Å². The van der Waals surface area contributed by atoms with E-state index in [2.05, 4.69) is 10.6 Å². The molecule has 1 aromatic carbocycles. The van der Waals surface area contributed by atoms with Crippen LogP contribution in [0.15, 0.2) is 12.1 Å². The Balaban J connectivity index is 1.83. The number of anilines is 1. The molecule has 21 heavy (non-hydrogen) atoms. The summed E-state index contributed by atoms with van der Waals surface area (Å²) in [5.74, 6) is -4.10. The van der Waals surface area contributed by atoms with Crippen molar-refractivity contribution in [3.8, 4) is 0 Å².